The third kappa shape index (κ3) is 4.17. The molecule has 4 fully saturated rings. The number of carbonyl (C=O) groups is 1. The first-order chi connectivity index (χ1) is 15.8. The molecule has 4 rings (SSSR count). The van der Waals surface area contributed by atoms with Gasteiger partial charge in [0.2, 0.25) is 0 Å². The number of hydrogen-bond donors (Lipinski definition) is 2. The molecule has 4 aliphatic rings. The molecule has 4 nitrogen and oxygen atoms in total. The van der Waals surface area contributed by atoms with E-state index >= 15 is 0 Å². The molecule has 4 saturated carbocycles. The van der Waals surface area contributed by atoms with Crippen molar-refractivity contribution in [3.8, 4) is 0 Å². The Morgan fingerprint density at radius 2 is 1.71 bits per heavy atom. The Kier molecular flexibility index (Phi) is 7.28. The lowest BCUT2D eigenvalue weighted by molar-refractivity contribution is -0.269. The molecule has 0 aromatic heterocycles. The summed E-state index contributed by atoms with van der Waals surface area (Å²) in [4.78, 5) is 12.1. The first-order valence-electron chi connectivity index (χ1n) is 14.4. The second-order valence-corrected chi connectivity index (χ2v) is 14.0. The molecule has 0 aromatic carbocycles. The van der Waals surface area contributed by atoms with Gasteiger partial charge in [0.05, 0.1) is 6.10 Å². The molecule has 34 heavy (non-hydrogen) atoms. The number of rotatable bonds is 6. The van der Waals surface area contributed by atoms with E-state index < -0.39 is 17.8 Å². The van der Waals surface area contributed by atoms with Crippen LogP contribution in [0.4, 0.5) is 0 Å². The lowest BCUT2D eigenvalue weighted by atomic mass is 9.42. The van der Waals surface area contributed by atoms with Gasteiger partial charge >= 0.3 is 5.97 Å². The van der Waals surface area contributed by atoms with Crippen LogP contribution in [-0.2, 0) is 9.53 Å². The van der Waals surface area contributed by atoms with Crippen molar-refractivity contribution >= 4 is 5.97 Å². The Hall–Kier alpha value is -0.610. The average molecular weight is 477 g/mol. The van der Waals surface area contributed by atoms with Crippen molar-refractivity contribution in [2.24, 2.45) is 52.3 Å². The van der Waals surface area contributed by atoms with Gasteiger partial charge in [-0.15, -0.1) is 0 Å². The predicted octanol–water partition coefficient (Wildman–Crippen LogP) is 6.37. The molecule has 0 radical (unpaired) electrons. The first-order valence-corrected chi connectivity index (χ1v) is 14.4. The van der Waals surface area contributed by atoms with Gasteiger partial charge in [0, 0.05) is 18.8 Å². The number of ether oxygens (including phenoxy) is 1. The lowest BCUT2D eigenvalue weighted by Crippen LogP contribution is -2.69. The minimum atomic E-state index is -1.12. The molecular weight excluding hydrogens is 424 g/mol. The summed E-state index contributed by atoms with van der Waals surface area (Å²) in [5.74, 6) is 4.33. The fraction of sp³-hybridized carbons (Fsp3) is 0.967. The highest BCUT2D eigenvalue weighted by Crippen LogP contribution is 2.69. The van der Waals surface area contributed by atoms with E-state index in [1.807, 2.05) is 0 Å². The summed E-state index contributed by atoms with van der Waals surface area (Å²) in [6, 6.07) is 0. The smallest absolute Gasteiger partial charge is 0.303 e. The topological polar surface area (TPSA) is 66.8 Å². The van der Waals surface area contributed by atoms with E-state index in [-0.39, 0.29) is 11.4 Å². The van der Waals surface area contributed by atoms with Crippen molar-refractivity contribution in [2.45, 2.75) is 130 Å². The fourth-order valence-corrected chi connectivity index (χ4v) is 9.61. The van der Waals surface area contributed by atoms with Crippen LogP contribution in [0.1, 0.15) is 113 Å². The van der Waals surface area contributed by atoms with Gasteiger partial charge in [-0.1, -0.05) is 54.4 Å². The third-order valence-corrected chi connectivity index (χ3v) is 12.1. The quantitative estimate of drug-likeness (QED) is 0.437. The molecule has 0 spiro atoms. The number of hydrogen-bond acceptors (Lipinski definition) is 4. The normalized spacial score (nSPS) is 47.9. The maximum atomic E-state index is 12.1. The summed E-state index contributed by atoms with van der Waals surface area (Å²) < 4.78 is 5.87. The summed E-state index contributed by atoms with van der Waals surface area (Å²) in [7, 11) is 0. The standard InChI is InChI=1S/C30H52O4/c1-18(2)19(3)8-9-20(4)24-10-11-25-23-16-27(34-21(5)31)30(33)17-22(32)12-15-29(30,7)26(23)13-14-28(24,25)6/h18-20,22-27,32-33H,8-17H2,1-7H3. The molecule has 0 bridgehead atoms. The van der Waals surface area contributed by atoms with E-state index in [1.165, 1.54) is 39.0 Å². The summed E-state index contributed by atoms with van der Waals surface area (Å²) >= 11 is 0. The highest BCUT2D eigenvalue weighted by Gasteiger charge is 2.68. The summed E-state index contributed by atoms with van der Waals surface area (Å²) in [6.45, 7) is 15.9. The van der Waals surface area contributed by atoms with Crippen molar-refractivity contribution < 1.29 is 19.7 Å². The van der Waals surface area contributed by atoms with Crippen LogP contribution in [0.2, 0.25) is 0 Å². The number of aliphatic hydroxyl groups excluding tert-OH is 1. The zero-order chi connectivity index (χ0) is 25.1. The van der Waals surface area contributed by atoms with Gasteiger partial charge in [0.1, 0.15) is 11.7 Å². The summed E-state index contributed by atoms with van der Waals surface area (Å²) in [5, 5.41) is 22.5. The number of esters is 1. The van der Waals surface area contributed by atoms with Crippen LogP contribution in [-0.4, -0.2) is 34.0 Å². The Morgan fingerprint density at radius 1 is 1.00 bits per heavy atom. The largest absolute Gasteiger partial charge is 0.459 e. The van der Waals surface area contributed by atoms with Gasteiger partial charge in [-0.3, -0.25) is 4.79 Å². The Balaban J connectivity index is 1.58. The van der Waals surface area contributed by atoms with Crippen molar-refractivity contribution in [1.82, 2.24) is 0 Å². The van der Waals surface area contributed by atoms with Crippen molar-refractivity contribution in [3.63, 3.8) is 0 Å². The molecule has 0 aliphatic heterocycles. The minimum Gasteiger partial charge on any atom is -0.459 e. The highest BCUT2D eigenvalue weighted by molar-refractivity contribution is 5.66. The number of fused-ring (bicyclic) bond motifs is 5. The second kappa shape index (κ2) is 9.36. The molecule has 0 amide bonds. The molecule has 4 heteroatoms. The molecule has 11 unspecified atom stereocenters. The van der Waals surface area contributed by atoms with Crippen LogP contribution < -0.4 is 0 Å². The van der Waals surface area contributed by atoms with Crippen LogP contribution in [0.5, 0.6) is 0 Å². The van der Waals surface area contributed by atoms with E-state index in [2.05, 4.69) is 41.5 Å². The number of carbonyl (C=O) groups excluding carboxylic acids is 1. The first kappa shape index (κ1) is 26.5. The van der Waals surface area contributed by atoms with E-state index in [9.17, 15) is 15.0 Å². The van der Waals surface area contributed by atoms with Gasteiger partial charge in [0.15, 0.2) is 0 Å². The molecule has 0 aromatic rings. The number of aliphatic hydroxyl groups is 2. The molecule has 196 valence electrons. The van der Waals surface area contributed by atoms with Gasteiger partial charge < -0.3 is 14.9 Å². The Labute approximate surface area is 208 Å². The third-order valence-electron chi connectivity index (χ3n) is 12.1. The maximum Gasteiger partial charge on any atom is 0.303 e. The van der Waals surface area contributed by atoms with E-state index in [1.54, 1.807) is 0 Å². The monoisotopic (exact) mass is 476 g/mol. The van der Waals surface area contributed by atoms with E-state index in [0.29, 0.717) is 29.6 Å². The molecule has 2 N–H and O–H groups in total. The van der Waals surface area contributed by atoms with E-state index in [4.69, 9.17) is 4.74 Å². The van der Waals surface area contributed by atoms with Crippen molar-refractivity contribution in [3.05, 3.63) is 0 Å². The van der Waals surface area contributed by atoms with Gasteiger partial charge in [-0.2, -0.15) is 0 Å². The van der Waals surface area contributed by atoms with Crippen LogP contribution in [0.25, 0.3) is 0 Å². The molecule has 11 atom stereocenters. The fourth-order valence-electron chi connectivity index (χ4n) is 9.61. The predicted molar refractivity (Wildman–Crippen MR) is 136 cm³/mol. The van der Waals surface area contributed by atoms with Gasteiger partial charge in [-0.05, 0) is 91.8 Å². The van der Waals surface area contributed by atoms with Gasteiger partial charge in [0.25, 0.3) is 0 Å². The molecular formula is C30H52O4. The van der Waals surface area contributed by atoms with E-state index in [0.717, 1.165) is 49.4 Å². The summed E-state index contributed by atoms with van der Waals surface area (Å²) in [6.07, 6.45) is 9.29. The molecule has 4 aliphatic carbocycles. The van der Waals surface area contributed by atoms with Crippen molar-refractivity contribution in [2.75, 3.05) is 0 Å². The second-order valence-electron chi connectivity index (χ2n) is 14.0. The molecule has 0 saturated heterocycles. The van der Waals surface area contributed by atoms with Crippen LogP contribution in [0, 0.1) is 52.3 Å². The highest BCUT2D eigenvalue weighted by atomic mass is 16.6. The SMILES string of the molecule is CC(=O)OC1CC2C3CCC(C(C)CCC(C)C(C)C)C3(C)CCC2C2(C)CCC(O)CC12O. The lowest BCUT2D eigenvalue weighted by Gasteiger charge is -2.65. The zero-order valence-corrected chi connectivity index (χ0v) is 23.0. The van der Waals surface area contributed by atoms with Gasteiger partial charge in [-0.25, -0.2) is 0 Å². The maximum absolute atomic E-state index is 12.1. The Bertz CT molecular complexity index is 750. The minimum absolute atomic E-state index is 0.299. The Morgan fingerprint density at radius 3 is 2.35 bits per heavy atom. The van der Waals surface area contributed by atoms with Crippen LogP contribution in [0.15, 0.2) is 0 Å². The summed E-state index contributed by atoms with van der Waals surface area (Å²) in [5.41, 5.74) is -1.07. The van der Waals surface area contributed by atoms with Crippen LogP contribution >= 0.6 is 0 Å². The molecule has 0 heterocycles. The zero-order valence-electron chi connectivity index (χ0n) is 23.0. The van der Waals surface area contributed by atoms with Crippen molar-refractivity contribution in [1.29, 1.82) is 0 Å². The van der Waals surface area contributed by atoms with Crippen LogP contribution in [0.3, 0.4) is 0 Å². The average Bonchev–Trinajstić information content (AvgIpc) is 3.10.